The fourth-order valence-corrected chi connectivity index (χ4v) is 11.9. The maximum atomic E-state index is 7.03. The van der Waals surface area contributed by atoms with Crippen LogP contribution in [0.2, 0.25) is 0 Å². The minimum Gasteiger partial charge on any atom is -0.455 e. The molecule has 0 bridgehead atoms. The van der Waals surface area contributed by atoms with Gasteiger partial charge in [-0.2, -0.15) is 0 Å². The molecule has 73 heavy (non-hydrogen) atoms. The second kappa shape index (κ2) is 16.4. The Kier molecular flexibility index (Phi) is 9.26. The van der Waals surface area contributed by atoms with Crippen LogP contribution < -0.4 is 4.90 Å². The van der Waals surface area contributed by atoms with Crippen LogP contribution in [0.4, 0.5) is 17.1 Å². The number of hydrogen-bond donors (Lipinski definition) is 0. The van der Waals surface area contributed by atoms with Gasteiger partial charge in [0.25, 0.3) is 0 Å². The fourth-order valence-electron chi connectivity index (χ4n) is 11.9. The zero-order valence-corrected chi connectivity index (χ0v) is 39.7. The third kappa shape index (κ3) is 6.46. The van der Waals surface area contributed by atoms with Crippen LogP contribution in [0.15, 0.2) is 271 Å². The van der Waals surface area contributed by atoms with Crippen molar-refractivity contribution < 1.29 is 4.42 Å². The van der Waals surface area contributed by atoms with E-state index in [9.17, 15) is 0 Å². The Bertz CT molecular complexity index is 4680. The normalized spacial score (nSPS) is 11.8. The standard InChI is InChI=1S/C70H44N2O/c1-2-19-49-44-50(35-34-45(49)16-1)46-36-38-51(39-37-46)71(66-43-41-59(54-28-13-20-47-17-3-5-22-52(47)54)70-69(66)61-27-10-12-33-67(61)73-70)64-42-40-56(55-24-7-8-25-57(55)64)58-29-15-32-65-68(58)60-26-9-11-30-63(60)72(65)62-31-14-21-48-18-4-6-23-53(48)62/h1-44H. The van der Waals surface area contributed by atoms with E-state index in [1.807, 2.05) is 0 Å². The highest BCUT2D eigenvalue weighted by molar-refractivity contribution is 6.22. The summed E-state index contributed by atoms with van der Waals surface area (Å²) in [5.41, 5.74) is 15.4. The Morgan fingerprint density at radius 1 is 0.301 bits per heavy atom. The van der Waals surface area contributed by atoms with E-state index < -0.39 is 0 Å². The third-order valence-corrected chi connectivity index (χ3v) is 15.2. The maximum Gasteiger partial charge on any atom is 0.145 e. The van der Waals surface area contributed by atoms with Crippen molar-refractivity contribution in [2.24, 2.45) is 0 Å². The number of fused-ring (bicyclic) bond motifs is 10. The molecule has 15 aromatic rings. The second-order valence-electron chi connectivity index (χ2n) is 19.1. The molecule has 0 saturated heterocycles. The molecule has 0 fully saturated rings. The largest absolute Gasteiger partial charge is 0.455 e. The van der Waals surface area contributed by atoms with Gasteiger partial charge in [-0.1, -0.05) is 206 Å². The van der Waals surface area contributed by atoms with Gasteiger partial charge in [-0.05, 0) is 121 Å². The maximum absolute atomic E-state index is 7.03. The Labute approximate surface area is 421 Å². The van der Waals surface area contributed by atoms with Crippen molar-refractivity contribution in [3.63, 3.8) is 0 Å². The Morgan fingerprint density at radius 2 is 0.863 bits per heavy atom. The van der Waals surface area contributed by atoms with Crippen LogP contribution in [0, 0.1) is 0 Å². The van der Waals surface area contributed by atoms with E-state index in [0.29, 0.717) is 0 Å². The number of hydrogen-bond acceptors (Lipinski definition) is 2. The number of benzene rings is 13. The van der Waals surface area contributed by atoms with Gasteiger partial charge >= 0.3 is 0 Å². The highest BCUT2D eigenvalue weighted by Gasteiger charge is 2.26. The van der Waals surface area contributed by atoms with Crippen LogP contribution in [0.1, 0.15) is 0 Å². The van der Waals surface area contributed by atoms with Crippen molar-refractivity contribution in [2.75, 3.05) is 4.90 Å². The quantitative estimate of drug-likeness (QED) is 0.159. The van der Waals surface area contributed by atoms with Gasteiger partial charge < -0.3 is 13.9 Å². The number of furan rings is 1. The minimum absolute atomic E-state index is 0.856. The van der Waals surface area contributed by atoms with E-state index in [1.165, 1.54) is 81.9 Å². The van der Waals surface area contributed by atoms with Crippen molar-refractivity contribution in [3.8, 4) is 39.1 Å². The molecule has 0 amide bonds. The first-order valence-corrected chi connectivity index (χ1v) is 25.1. The van der Waals surface area contributed by atoms with E-state index in [-0.39, 0.29) is 0 Å². The monoisotopic (exact) mass is 928 g/mol. The molecule has 0 unspecified atom stereocenters. The first-order chi connectivity index (χ1) is 36.2. The molecule has 0 aliphatic rings. The van der Waals surface area contributed by atoms with Gasteiger partial charge in [-0.3, -0.25) is 0 Å². The zero-order chi connectivity index (χ0) is 48.0. The smallest absolute Gasteiger partial charge is 0.145 e. The average Bonchev–Trinajstić information content (AvgIpc) is 4.04. The molecule has 340 valence electrons. The first kappa shape index (κ1) is 41.1. The van der Waals surface area contributed by atoms with Gasteiger partial charge in [0, 0.05) is 38.2 Å². The molecule has 15 rings (SSSR count). The lowest BCUT2D eigenvalue weighted by atomic mass is 9.92. The molecular weight excluding hydrogens is 885 g/mol. The van der Waals surface area contributed by atoms with Crippen molar-refractivity contribution in [1.29, 1.82) is 0 Å². The predicted octanol–water partition coefficient (Wildman–Crippen LogP) is 19.8. The number of anilines is 3. The molecule has 13 aromatic carbocycles. The summed E-state index contributed by atoms with van der Waals surface area (Å²) in [7, 11) is 0. The zero-order valence-electron chi connectivity index (χ0n) is 39.7. The summed E-state index contributed by atoms with van der Waals surface area (Å²) in [5, 5.41) is 14.2. The third-order valence-electron chi connectivity index (χ3n) is 15.2. The van der Waals surface area contributed by atoms with Gasteiger partial charge in [0.05, 0.1) is 33.5 Å². The van der Waals surface area contributed by atoms with E-state index in [2.05, 4.69) is 276 Å². The van der Waals surface area contributed by atoms with Crippen LogP contribution in [-0.4, -0.2) is 4.57 Å². The molecule has 0 spiro atoms. The van der Waals surface area contributed by atoms with Crippen LogP contribution in [-0.2, 0) is 0 Å². The molecule has 0 radical (unpaired) electrons. The summed E-state index contributed by atoms with van der Waals surface area (Å²) in [6.07, 6.45) is 0. The van der Waals surface area contributed by atoms with Crippen molar-refractivity contribution in [2.45, 2.75) is 0 Å². The molecule has 0 saturated carbocycles. The van der Waals surface area contributed by atoms with Crippen LogP contribution in [0.25, 0.3) is 126 Å². The lowest BCUT2D eigenvalue weighted by Crippen LogP contribution is -2.11. The lowest BCUT2D eigenvalue weighted by molar-refractivity contribution is 0.670. The van der Waals surface area contributed by atoms with Gasteiger partial charge in [-0.25, -0.2) is 0 Å². The summed E-state index contributed by atoms with van der Waals surface area (Å²) < 4.78 is 9.49. The topological polar surface area (TPSA) is 21.3 Å². The van der Waals surface area contributed by atoms with Gasteiger partial charge in [0.1, 0.15) is 11.2 Å². The highest BCUT2D eigenvalue weighted by atomic mass is 16.3. The molecule has 0 aliphatic carbocycles. The van der Waals surface area contributed by atoms with Crippen LogP contribution in [0.5, 0.6) is 0 Å². The SMILES string of the molecule is c1ccc2cc(-c3ccc(N(c4ccc(-c5cccc6c5c5ccccc5n6-c5cccc6ccccc56)c5ccccc45)c4ccc(-c5cccc6ccccc56)c5oc6ccccc6c45)cc3)ccc2c1. The fraction of sp³-hybridized carbons (Fsp3) is 0. The van der Waals surface area contributed by atoms with Crippen molar-refractivity contribution in [3.05, 3.63) is 267 Å². The van der Waals surface area contributed by atoms with Crippen LogP contribution >= 0.6 is 0 Å². The number of nitrogens with zero attached hydrogens (tertiary/aromatic N) is 2. The molecule has 3 nitrogen and oxygen atoms in total. The summed E-state index contributed by atoms with van der Waals surface area (Å²) in [6.45, 7) is 0. The number of aromatic nitrogens is 1. The molecule has 2 aromatic heterocycles. The van der Waals surface area contributed by atoms with E-state index in [0.717, 1.165) is 61.1 Å². The van der Waals surface area contributed by atoms with Crippen molar-refractivity contribution >= 4 is 104 Å². The molecule has 0 N–H and O–H groups in total. The summed E-state index contributed by atoms with van der Waals surface area (Å²) in [5.74, 6) is 0. The first-order valence-electron chi connectivity index (χ1n) is 25.1. The summed E-state index contributed by atoms with van der Waals surface area (Å²) in [4.78, 5) is 2.46. The predicted molar refractivity (Wildman–Crippen MR) is 309 cm³/mol. The van der Waals surface area contributed by atoms with Gasteiger partial charge in [0.15, 0.2) is 0 Å². The van der Waals surface area contributed by atoms with E-state index >= 15 is 0 Å². The van der Waals surface area contributed by atoms with Crippen molar-refractivity contribution in [1.82, 2.24) is 4.57 Å². The summed E-state index contributed by atoms with van der Waals surface area (Å²) in [6, 6.07) is 97.3. The Hall–Kier alpha value is -9.70. The van der Waals surface area contributed by atoms with E-state index in [1.54, 1.807) is 0 Å². The number of rotatable bonds is 7. The van der Waals surface area contributed by atoms with Gasteiger partial charge in [-0.15, -0.1) is 0 Å². The van der Waals surface area contributed by atoms with Gasteiger partial charge in [0.2, 0.25) is 0 Å². The number of para-hydroxylation sites is 2. The Balaban J connectivity index is 0.974. The molecule has 0 atom stereocenters. The lowest BCUT2D eigenvalue weighted by Gasteiger charge is -2.29. The molecule has 2 heterocycles. The highest BCUT2D eigenvalue weighted by Crippen LogP contribution is 2.50. The minimum atomic E-state index is 0.856. The summed E-state index contributed by atoms with van der Waals surface area (Å²) >= 11 is 0. The Morgan fingerprint density at radius 3 is 1.70 bits per heavy atom. The molecule has 0 aliphatic heterocycles. The molecule has 3 heteroatoms. The van der Waals surface area contributed by atoms with E-state index in [4.69, 9.17) is 4.42 Å². The molecular formula is C70H44N2O. The second-order valence-corrected chi connectivity index (χ2v) is 19.1. The average molecular weight is 929 g/mol. The van der Waals surface area contributed by atoms with Crippen LogP contribution in [0.3, 0.4) is 0 Å².